The van der Waals surface area contributed by atoms with Crippen LogP contribution in [-0.2, 0) is 66.6 Å². The lowest BCUT2D eigenvalue weighted by Crippen LogP contribution is -2.66. The van der Waals surface area contributed by atoms with Gasteiger partial charge in [0.05, 0.1) is 91.3 Å². The topological polar surface area (TPSA) is 354 Å². The van der Waals surface area contributed by atoms with Crippen LogP contribution in [0, 0.1) is 46.0 Å². The smallest absolute Gasteiger partial charge is 0.407 e. The molecule has 3 amide bonds. The van der Waals surface area contributed by atoms with Gasteiger partial charge in [0.1, 0.15) is 48.4 Å². The third-order valence-corrected chi connectivity index (χ3v) is 25.2. The molecule has 7 N–H and O–H groups in total. The minimum Gasteiger partial charge on any atom is -0.492 e. The largest absolute Gasteiger partial charge is 0.492 e. The van der Waals surface area contributed by atoms with Gasteiger partial charge in [0, 0.05) is 82.4 Å². The molecule has 32 heteroatoms. The number of hydrogen-bond acceptors (Lipinski definition) is 28. The van der Waals surface area contributed by atoms with E-state index in [1.807, 2.05) is 48.3 Å². The Labute approximate surface area is 615 Å². The fraction of sp³-hybridized carbons (Fsp3) is 0.710. The number of likely N-dealkylation sites (tertiary alicyclic amines) is 1. The van der Waals surface area contributed by atoms with Gasteiger partial charge >= 0.3 is 6.09 Å². The van der Waals surface area contributed by atoms with Crippen LogP contribution in [0.15, 0.2) is 23.8 Å². The number of benzene rings is 1. The van der Waals surface area contributed by atoms with Crippen molar-refractivity contribution in [1.29, 1.82) is 0 Å². The van der Waals surface area contributed by atoms with E-state index in [-0.39, 0.29) is 77.1 Å². The van der Waals surface area contributed by atoms with Crippen LogP contribution in [0.5, 0.6) is 17.2 Å². The van der Waals surface area contributed by atoms with Crippen LogP contribution in [0.1, 0.15) is 116 Å². The maximum absolute atomic E-state index is 14.6. The molecule has 21 atom stereocenters. The Bertz CT molecular complexity index is 3290. The molecule has 1 saturated carbocycles. The fourth-order valence-corrected chi connectivity index (χ4v) is 17.9. The lowest BCUT2D eigenvalue weighted by atomic mass is 9.68. The summed E-state index contributed by atoms with van der Waals surface area (Å²) in [7, 11) is 9.65. The number of nitrogens with zero attached hydrogens (tertiary/aromatic N) is 2. The normalized spacial score (nSPS) is 34.5. The minimum absolute atomic E-state index is 0.00631. The number of piperidine rings is 1. The van der Waals surface area contributed by atoms with Gasteiger partial charge in [0.15, 0.2) is 41.8 Å². The number of rotatable bonds is 26. The lowest BCUT2D eigenvalue weighted by molar-refractivity contribution is -0.340. The van der Waals surface area contributed by atoms with Crippen molar-refractivity contribution in [2.45, 2.75) is 233 Å². The Morgan fingerprint density at radius 3 is 2.19 bits per heavy atom. The van der Waals surface area contributed by atoms with E-state index in [1.54, 1.807) is 45.6 Å². The first-order valence-electron chi connectivity index (χ1n) is 33.7. The summed E-state index contributed by atoms with van der Waals surface area (Å²) in [6.07, 6.45) is -12.9. The number of ether oxygens (including phenoxy) is 12. The zero-order valence-corrected chi connectivity index (χ0v) is 63.9. The second-order valence-corrected chi connectivity index (χ2v) is 31.8. The average molecular weight is 1590 g/mol. The number of likely N-dealkylation sites (N-methyl/N-ethyl adjacent to an activating group) is 1. The molecule has 0 aromatic heterocycles. The number of allylic oxidation sites excluding steroid dienone is 2. The maximum atomic E-state index is 14.6. The number of ketones is 2. The van der Waals surface area contributed by atoms with E-state index in [9.17, 15) is 54.3 Å². The molecular weight excluding hydrogens is 1490 g/mol. The van der Waals surface area contributed by atoms with Crippen molar-refractivity contribution in [2.24, 2.45) is 11.8 Å². The number of Topliss-reactive ketones (excluding diaryl/α,β-unsaturated/α-hetero) is 2. The van der Waals surface area contributed by atoms with Gasteiger partial charge in [-0.1, -0.05) is 63.1 Å². The number of aliphatic hydroxyl groups excluding tert-OH is 4. The number of carbonyl (C=O) groups is 6. The Hall–Kier alpha value is -4.38. The molecule has 2 aliphatic carbocycles. The van der Waals surface area contributed by atoms with Gasteiger partial charge in [0.2, 0.25) is 29.0 Å². The van der Waals surface area contributed by atoms with E-state index >= 15 is 0 Å². The van der Waals surface area contributed by atoms with Gasteiger partial charge in [-0.05, 0) is 121 Å². The number of fused-ring (bicyclic) bond motifs is 2. The van der Waals surface area contributed by atoms with Crippen molar-refractivity contribution in [2.75, 3.05) is 67.5 Å². The second-order valence-electron chi connectivity index (χ2n) is 26.5. The fourth-order valence-electron chi connectivity index (χ4n) is 13.7. The Morgan fingerprint density at radius 2 is 1.55 bits per heavy atom. The second kappa shape index (κ2) is 36.8. The molecule has 8 rings (SSSR count). The van der Waals surface area contributed by atoms with Gasteiger partial charge in [0.25, 0.3) is 0 Å². The number of carbonyl (C=O) groups excluding carboxylic acids is 6. The summed E-state index contributed by atoms with van der Waals surface area (Å²) >= 11 is 2.80. The number of hydroxylamine groups is 1. The summed E-state index contributed by atoms with van der Waals surface area (Å²) in [5.41, 5.74) is 1.49. The molecule has 6 fully saturated rings. The lowest BCUT2D eigenvalue weighted by Gasteiger charge is -2.48. The van der Waals surface area contributed by atoms with Crippen LogP contribution in [0.25, 0.3) is 0 Å². The van der Waals surface area contributed by atoms with E-state index in [0.717, 1.165) is 18.9 Å². The van der Waals surface area contributed by atoms with Crippen molar-refractivity contribution in [3.8, 4) is 40.9 Å². The van der Waals surface area contributed by atoms with Gasteiger partial charge in [-0.15, -0.1) is 0 Å². The molecule has 0 spiro atoms. The van der Waals surface area contributed by atoms with Crippen LogP contribution in [0.2, 0.25) is 0 Å². The predicted molar refractivity (Wildman–Crippen MR) is 379 cm³/mol. The van der Waals surface area contributed by atoms with Gasteiger partial charge < -0.3 is 97.5 Å². The molecule has 19 unspecified atom stereocenters. The van der Waals surface area contributed by atoms with Gasteiger partial charge in [-0.3, -0.25) is 28.8 Å². The summed E-state index contributed by atoms with van der Waals surface area (Å²) in [5, 5.41) is 60.3. The van der Waals surface area contributed by atoms with Crippen LogP contribution in [0.3, 0.4) is 0 Å². The van der Waals surface area contributed by atoms with Crippen LogP contribution < -0.4 is 25.0 Å². The number of aliphatic hydroxyl groups is 5. The van der Waals surface area contributed by atoms with E-state index in [1.165, 1.54) is 69.1 Å². The minimum atomic E-state index is -2.12. The number of halogens is 1. The Morgan fingerprint density at radius 1 is 0.861 bits per heavy atom. The van der Waals surface area contributed by atoms with Crippen molar-refractivity contribution in [3.63, 3.8) is 0 Å². The highest BCUT2D eigenvalue weighted by molar-refractivity contribution is 14.1. The molecule has 28 nitrogen and oxygen atoms in total. The highest BCUT2D eigenvalue weighted by Gasteiger charge is 2.55. The molecule has 562 valence electrons. The summed E-state index contributed by atoms with van der Waals surface area (Å²) in [4.78, 5) is 90.1. The molecular formula is C69H97IN4O24S3. The highest BCUT2D eigenvalue weighted by atomic mass is 127. The molecule has 101 heavy (non-hydrogen) atoms. The predicted octanol–water partition coefficient (Wildman–Crippen LogP) is 4.29. The van der Waals surface area contributed by atoms with Gasteiger partial charge in [-0.25, -0.2) is 4.79 Å². The van der Waals surface area contributed by atoms with Crippen LogP contribution >= 0.6 is 55.9 Å². The molecule has 0 radical (unpaired) electrons. The molecule has 5 heterocycles. The zero-order chi connectivity index (χ0) is 73.9. The quantitative estimate of drug-likeness (QED) is 0.0170. The summed E-state index contributed by atoms with van der Waals surface area (Å²) < 4.78 is 72.9. The van der Waals surface area contributed by atoms with Gasteiger partial charge in [-0.2, -0.15) is 5.48 Å². The zero-order valence-electron chi connectivity index (χ0n) is 59.3. The SMILES string of the molecule is CCN(C(C)=O)C1COC(OC2C(O[C@H]3C#C/C=C\C#C[C@]4(O)CC(=O)C(NC(=O)OC)C3/C4=C\CSSC(C)(C)CCC(=O)N3CCC(C(C)=O)CC3)OC(C)C(NOC3CC(O)C(SC(=O)c4c(C)c(I)c(OC5OC(C)C(O)C(OC)C5O)c(OC)c4OC)C(C)O3)C2O)CC1OC. The molecule has 1 aromatic rings. The number of thioether (sulfide) groups is 1. The number of amides is 3. The molecule has 2 bridgehead atoms. The molecule has 1 aromatic carbocycles. The van der Waals surface area contributed by atoms with Crippen molar-refractivity contribution in [1.82, 2.24) is 20.6 Å². The summed E-state index contributed by atoms with van der Waals surface area (Å²) in [6, 6.07) is -3.11. The first kappa shape index (κ1) is 82.3. The van der Waals surface area contributed by atoms with Crippen LogP contribution in [-0.4, -0.2) is 263 Å². The first-order valence-corrected chi connectivity index (χ1v) is 38.0. The van der Waals surface area contributed by atoms with E-state index in [2.05, 4.69) is 34.5 Å². The van der Waals surface area contributed by atoms with E-state index in [4.69, 9.17) is 61.7 Å². The maximum Gasteiger partial charge on any atom is 0.407 e. The monoisotopic (exact) mass is 1590 g/mol. The Kier molecular flexibility index (Phi) is 29.9. The third kappa shape index (κ3) is 19.6. The first-order chi connectivity index (χ1) is 47.9. The average Bonchev–Trinajstić information content (AvgIpc) is 0.744. The standard InChI is InChI=1S/C69H97IN4O24S3/c1-15-74(39(7)76)42-33-91-48(31-46(42)86-10)96-61-56(81)53(72-98-49-30-43(77)63(38(6)92-49)100-64(83)50-34(2)52(70)59(62(89-13)58(50)87-11)97-65-57(82)60(88-12)55(80)37(5)94-65)36(4)93-66(61)95-45-20-18-16-17-19-25-69(85)32-44(78)54(71-67(84)90-14)51(45)41(69)24-29-99-101-68(8,9)26-21-47(79)73-27-22-40(23-28-73)35(3)75/h16-17,24,36-38,40,42-43,45-46,48-49,51,53-57,60-61,63,65-66,72,77,80-82,85H,15,21-23,26-33H2,1-14H3,(H,71,84)/b17-16-,41-24+/t36?,37?,38?,42?,43?,45-,46?,48?,49?,51?,53?,54?,55?,56?,57?,60?,61?,63?,65?,66?,69-/m0/s1. The summed E-state index contributed by atoms with van der Waals surface area (Å²) in [5.74, 6) is 10.0. The van der Waals surface area contributed by atoms with Crippen molar-refractivity contribution < 1.29 is 116 Å². The molecule has 5 saturated heterocycles. The molecule has 5 aliphatic heterocycles. The van der Waals surface area contributed by atoms with E-state index in [0.29, 0.717) is 54.5 Å². The highest BCUT2D eigenvalue weighted by Crippen LogP contribution is 2.50. The number of hydrogen-bond donors (Lipinski definition) is 7. The van der Waals surface area contributed by atoms with Crippen molar-refractivity contribution >= 4 is 90.5 Å². The van der Waals surface area contributed by atoms with E-state index < -0.39 is 155 Å². The summed E-state index contributed by atoms with van der Waals surface area (Å²) in [6.45, 7) is 16.9. The third-order valence-electron chi connectivity index (χ3n) is 19.4. The number of methoxy groups -OCH3 is 5. The molecule has 7 aliphatic rings. The number of nitrogens with one attached hydrogen (secondary N) is 2. The van der Waals surface area contributed by atoms with Crippen LogP contribution in [0.4, 0.5) is 4.79 Å². The number of alkyl carbamates (subject to hydrolysis) is 1. The Balaban J connectivity index is 1.02. The van der Waals surface area contributed by atoms with Crippen molar-refractivity contribution in [3.05, 3.63) is 38.5 Å².